The molecule has 2 aromatic carbocycles. The fourth-order valence-electron chi connectivity index (χ4n) is 3.32. The van der Waals surface area contributed by atoms with Gasteiger partial charge < -0.3 is 14.7 Å². The van der Waals surface area contributed by atoms with Crippen LogP contribution in [0.15, 0.2) is 52.4 Å². The molecule has 0 spiro atoms. The fourth-order valence-corrected chi connectivity index (χ4v) is 4.30. The number of carbonyl (C=O) groups is 2. The first-order valence-corrected chi connectivity index (χ1v) is 11.3. The van der Waals surface area contributed by atoms with E-state index in [-0.39, 0.29) is 11.5 Å². The number of hydrogen-bond acceptors (Lipinski definition) is 6. The molecule has 0 saturated carbocycles. The summed E-state index contributed by atoms with van der Waals surface area (Å²) in [4.78, 5) is 32.8. The average Bonchev–Trinajstić information content (AvgIpc) is 3.04. The van der Waals surface area contributed by atoms with E-state index in [1.807, 2.05) is 31.2 Å². The zero-order valence-corrected chi connectivity index (χ0v) is 19.5. The van der Waals surface area contributed by atoms with Crippen LogP contribution >= 0.6 is 11.8 Å². The number of amides is 1. The van der Waals surface area contributed by atoms with Crippen molar-refractivity contribution in [3.8, 4) is 5.75 Å². The number of ether oxygens (including phenoxy) is 1. The van der Waals surface area contributed by atoms with Crippen LogP contribution in [0.3, 0.4) is 0 Å². The highest BCUT2D eigenvalue weighted by atomic mass is 32.2. The molecular weight excluding hydrogens is 426 g/mol. The standard InChI is InChI=1S/C24H27N3O4S/c1-5-27(6-2)19-12-11-16(20(15-19)31-7-3)14-21-22(28)26(4)24(32-21)25-18-10-8-9-17(13-18)23(29)30/h8-15H,5-7H2,1-4H3,(H,29,30)/b21-14-,25-24?. The van der Waals surface area contributed by atoms with Crippen LogP contribution < -0.4 is 9.64 Å². The number of thioether (sulfide) groups is 1. The molecule has 168 valence electrons. The van der Waals surface area contributed by atoms with Crippen LogP contribution in [0, 0.1) is 0 Å². The molecule has 0 aromatic heterocycles. The third kappa shape index (κ3) is 5.13. The summed E-state index contributed by atoms with van der Waals surface area (Å²) in [7, 11) is 1.66. The highest BCUT2D eigenvalue weighted by molar-refractivity contribution is 8.18. The molecule has 2 aromatic rings. The number of nitrogens with zero attached hydrogens (tertiary/aromatic N) is 3. The van der Waals surface area contributed by atoms with E-state index in [1.54, 1.807) is 19.2 Å². The Morgan fingerprint density at radius 2 is 1.94 bits per heavy atom. The lowest BCUT2D eigenvalue weighted by molar-refractivity contribution is -0.121. The third-order valence-corrected chi connectivity index (χ3v) is 6.09. The lowest BCUT2D eigenvalue weighted by Gasteiger charge is -2.22. The van der Waals surface area contributed by atoms with Crippen LogP contribution in [-0.2, 0) is 4.79 Å². The van der Waals surface area contributed by atoms with Crippen molar-refractivity contribution in [1.29, 1.82) is 0 Å². The largest absolute Gasteiger partial charge is 0.493 e. The normalized spacial score (nSPS) is 16.1. The van der Waals surface area contributed by atoms with Gasteiger partial charge in [0.05, 0.1) is 22.8 Å². The van der Waals surface area contributed by atoms with Crippen molar-refractivity contribution in [2.45, 2.75) is 20.8 Å². The molecule has 0 unspecified atom stereocenters. The Labute approximate surface area is 192 Å². The van der Waals surface area contributed by atoms with Crippen molar-refractivity contribution >= 4 is 46.3 Å². The van der Waals surface area contributed by atoms with Gasteiger partial charge in [-0.3, -0.25) is 9.69 Å². The molecule has 1 aliphatic heterocycles. The lowest BCUT2D eigenvalue weighted by atomic mass is 10.1. The molecule has 1 N–H and O–H groups in total. The summed E-state index contributed by atoms with van der Waals surface area (Å²) in [5, 5.41) is 9.67. The van der Waals surface area contributed by atoms with Gasteiger partial charge in [-0.05, 0) is 68.9 Å². The third-order valence-electron chi connectivity index (χ3n) is 5.03. The topological polar surface area (TPSA) is 82.4 Å². The van der Waals surface area contributed by atoms with Gasteiger partial charge in [0, 0.05) is 37.5 Å². The number of carboxylic acids is 1. The van der Waals surface area contributed by atoms with E-state index in [9.17, 15) is 14.7 Å². The van der Waals surface area contributed by atoms with Gasteiger partial charge in [0.2, 0.25) is 0 Å². The Morgan fingerprint density at radius 1 is 1.19 bits per heavy atom. The van der Waals surface area contributed by atoms with Crippen LogP contribution in [0.1, 0.15) is 36.7 Å². The van der Waals surface area contributed by atoms with Crippen molar-refractivity contribution in [1.82, 2.24) is 4.90 Å². The van der Waals surface area contributed by atoms with Crippen molar-refractivity contribution in [2.75, 3.05) is 31.6 Å². The van der Waals surface area contributed by atoms with Crippen LogP contribution in [-0.4, -0.2) is 53.8 Å². The monoisotopic (exact) mass is 453 g/mol. The minimum atomic E-state index is -1.02. The van der Waals surface area contributed by atoms with E-state index in [2.05, 4.69) is 23.7 Å². The van der Waals surface area contributed by atoms with E-state index in [4.69, 9.17) is 4.74 Å². The van der Waals surface area contributed by atoms with E-state index < -0.39 is 5.97 Å². The Morgan fingerprint density at radius 3 is 2.59 bits per heavy atom. The van der Waals surface area contributed by atoms with E-state index in [0.29, 0.717) is 22.4 Å². The maximum absolute atomic E-state index is 12.8. The van der Waals surface area contributed by atoms with Gasteiger partial charge in [-0.1, -0.05) is 6.07 Å². The van der Waals surface area contributed by atoms with Gasteiger partial charge in [0.1, 0.15) is 5.75 Å². The number of hydrogen-bond donors (Lipinski definition) is 1. The summed E-state index contributed by atoms with van der Waals surface area (Å²) in [5.74, 6) is -0.467. The Bertz CT molecular complexity index is 1080. The number of carboxylic acid groups (broad SMARTS) is 1. The molecule has 0 radical (unpaired) electrons. The Hall–Kier alpha value is -3.26. The molecule has 0 atom stereocenters. The summed E-state index contributed by atoms with van der Waals surface area (Å²) >= 11 is 1.25. The van der Waals surface area contributed by atoms with Gasteiger partial charge >= 0.3 is 5.97 Å². The number of aromatic carboxylic acids is 1. The minimum Gasteiger partial charge on any atom is -0.493 e. The summed E-state index contributed by atoms with van der Waals surface area (Å²) in [6.45, 7) is 8.45. The highest BCUT2D eigenvalue weighted by Crippen LogP contribution is 2.36. The second kappa shape index (κ2) is 10.4. The fraction of sp³-hybridized carbons (Fsp3) is 0.292. The second-order valence-corrected chi connectivity index (χ2v) is 8.06. The number of benzene rings is 2. The maximum Gasteiger partial charge on any atom is 0.335 e. The minimum absolute atomic E-state index is 0.147. The quantitative estimate of drug-likeness (QED) is 0.575. The molecule has 3 rings (SSSR count). The van der Waals surface area contributed by atoms with Crippen LogP contribution in [0.25, 0.3) is 6.08 Å². The molecule has 0 bridgehead atoms. The predicted octanol–water partition coefficient (Wildman–Crippen LogP) is 4.86. The molecular formula is C24H27N3O4S. The van der Waals surface area contributed by atoms with Gasteiger partial charge in [0.25, 0.3) is 5.91 Å². The number of aliphatic imine (C=N–C) groups is 1. The first kappa shape index (κ1) is 23.4. The summed E-state index contributed by atoms with van der Waals surface area (Å²) in [6, 6.07) is 12.3. The van der Waals surface area contributed by atoms with Crippen molar-refractivity contribution < 1.29 is 19.4 Å². The lowest BCUT2D eigenvalue weighted by Crippen LogP contribution is -2.23. The first-order valence-electron chi connectivity index (χ1n) is 10.5. The predicted molar refractivity (Wildman–Crippen MR) is 130 cm³/mol. The van der Waals surface area contributed by atoms with Crippen LogP contribution in [0.4, 0.5) is 11.4 Å². The van der Waals surface area contributed by atoms with E-state index >= 15 is 0 Å². The molecule has 1 saturated heterocycles. The molecule has 1 heterocycles. The Kier molecular flexibility index (Phi) is 7.58. The maximum atomic E-state index is 12.8. The van der Waals surface area contributed by atoms with Crippen LogP contribution in [0.5, 0.6) is 5.75 Å². The number of carbonyl (C=O) groups excluding carboxylic acids is 1. The number of rotatable bonds is 8. The van der Waals surface area contributed by atoms with E-state index in [0.717, 1.165) is 30.1 Å². The molecule has 0 aliphatic carbocycles. The van der Waals surface area contributed by atoms with Gasteiger partial charge in [0.15, 0.2) is 5.17 Å². The van der Waals surface area contributed by atoms with Gasteiger partial charge in [-0.25, -0.2) is 9.79 Å². The number of likely N-dealkylation sites (N-methyl/N-ethyl adjacent to an activating group) is 1. The van der Waals surface area contributed by atoms with Gasteiger partial charge in [-0.15, -0.1) is 0 Å². The molecule has 1 aliphatic rings. The number of amidine groups is 1. The summed E-state index contributed by atoms with van der Waals surface area (Å²) in [5.41, 5.74) is 2.52. The van der Waals surface area contributed by atoms with Crippen molar-refractivity contribution in [2.24, 2.45) is 4.99 Å². The van der Waals surface area contributed by atoms with Gasteiger partial charge in [-0.2, -0.15) is 0 Å². The SMILES string of the molecule is CCOc1cc(N(CC)CC)ccc1/C=C1\SC(=Nc2cccc(C(=O)O)c2)N(C)C1=O. The molecule has 1 fully saturated rings. The first-order chi connectivity index (χ1) is 15.4. The molecule has 1 amide bonds. The molecule has 32 heavy (non-hydrogen) atoms. The summed E-state index contributed by atoms with van der Waals surface area (Å²) < 4.78 is 5.86. The van der Waals surface area contributed by atoms with Crippen molar-refractivity contribution in [3.63, 3.8) is 0 Å². The molecule has 7 nitrogen and oxygen atoms in total. The summed E-state index contributed by atoms with van der Waals surface area (Å²) in [6.07, 6.45) is 1.82. The highest BCUT2D eigenvalue weighted by Gasteiger charge is 2.30. The zero-order chi connectivity index (χ0) is 23.3. The molecule has 8 heteroatoms. The van der Waals surface area contributed by atoms with E-state index in [1.165, 1.54) is 28.8 Å². The second-order valence-electron chi connectivity index (χ2n) is 7.05. The zero-order valence-electron chi connectivity index (χ0n) is 18.7. The average molecular weight is 454 g/mol. The number of anilines is 1. The smallest absolute Gasteiger partial charge is 0.335 e. The Balaban J connectivity index is 1.93. The van der Waals surface area contributed by atoms with Crippen LogP contribution in [0.2, 0.25) is 0 Å². The van der Waals surface area contributed by atoms with Crippen molar-refractivity contribution in [3.05, 3.63) is 58.5 Å².